The van der Waals surface area contributed by atoms with Crippen molar-refractivity contribution in [3.05, 3.63) is 35.4 Å². The normalized spacial score (nSPS) is 19.9. The Morgan fingerprint density at radius 1 is 1.33 bits per heavy atom. The second-order valence-corrected chi connectivity index (χ2v) is 4.99. The van der Waals surface area contributed by atoms with E-state index in [9.17, 15) is 10.4 Å². The van der Waals surface area contributed by atoms with Crippen molar-refractivity contribution in [2.45, 2.75) is 50.9 Å². The summed E-state index contributed by atoms with van der Waals surface area (Å²) < 4.78 is 5.65. The molecule has 1 N–H and O–H groups in total. The molecule has 0 radical (unpaired) electrons. The monoisotopic (exact) mass is 245 g/mol. The largest absolute Gasteiger partial charge is 0.391 e. The third-order valence-electron chi connectivity index (χ3n) is 3.44. The van der Waals surface area contributed by atoms with E-state index in [2.05, 4.69) is 12.1 Å². The summed E-state index contributed by atoms with van der Waals surface area (Å²) >= 11 is 0. The van der Waals surface area contributed by atoms with Crippen LogP contribution >= 0.6 is 0 Å². The van der Waals surface area contributed by atoms with Gasteiger partial charge in [0.25, 0.3) is 0 Å². The van der Waals surface area contributed by atoms with E-state index in [4.69, 9.17) is 4.74 Å². The first kappa shape index (κ1) is 13.1. The van der Waals surface area contributed by atoms with E-state index in [0.717, 1.165) is 5.56 Å². The maximum absolute atomic E-state index is 9.47. The fraction of sp³-hybridized carbons (Fsp3) is 0.533. The van der Waals surface area contributed by atoms with Crippen molar-refractivity contribution in [3.8, 4) is 6.07 Å². The van der Waals surface area contributed by atoms with Crippen LogP contribution in [0, 0.1) is 11.3 Å². The minimum Gasteiger partial charge on any atom is -0.391 e. The molecule has 1 aliphatic rings. The third kappa shape index (κ3) is 2.90. The zero-order valence-electron chi connectivity index (χ0n) is 10.8. The van der Waals surface area contributed by atoms with E-state index in [-0.39, 0.29) is 6.10 Å². The smallest absolute Gasteiger partial charge is 0.169 e. The Balaban J connectivity index is 2.20. The lowest BCUT2D eigenvalue weighted by atomic mass is 9.99. The lowest BCUT2D eigenvalue weighted by molar-refractivity contribution is -0.0428. The van der Waals surface area contributed by atoms with E-state index in [1.54, 1.807) is 13.8 Å². The highest BCUT2D eigenvalue weighted by Crippen LogP contribution is 2.43. The number of nitrogens with zero attached hydrogens (tertiary/aromatic N) is 1. The number of hydrogen-bond donors (Lipinski definition) is 1. The highest BCUT2D eigenvalue weighted by molar-refractivity contribution is 5.37. The van der Waals surface area contributed by atoms with Crippen LogP contribution in [0.5, 0.6) is 0 Å². The van der Waals surface area contributed by atoms with Gasteiger partial charge in [-0.3, -0.25) is 0 Å². The van der Waals surface area contributed by atoms with Crippen LogP contribution in [-0.2, 0) is 4.74 Å². The van der Waals surface area contributed by atoms with Gasteiger partial charge in [-0.2, -0.15) is 5.26 Å². The minimum atomic E-state index is -0.591. The van der Waals surface area contributed by atoms with Gasteiger partial charge in [0.2, 0.25) is 0 Å². The van der Waals surface area contributed by atoms with Crippen molar-refractivity contribution in [3.63, 3.8) is 0 Å². The Hall–Kier alpha value is -1.37. The Morgan fingerprint density at radius 2 is 2.00 bits per heavy atom. The van der Waals surface area contributed by atoms with Crippen LogP contribution in [0.2, 0.25) is 0 Å². The van der Waals surface area contributed by atoms with E-state index in [1.165, 1.54) is 18.4 Å². The number of aliphatic hydroxyl groups excluding tert-OH is 1. The third-order valence-corrected chi connectivity index (χ3v) is 3.44. The van der Waals surface area contributed by atoms with Crippen LogP contribution in [0.4, 0.5) is 0 Å². The standard InChI is InChI=1S/C15H19NO2/c1-10(17)11(2)18-15(9-16)14-6-4-3-5-13(14)12-7-8-12/h3-6,10-12,15,17H,7-8H2,1-2H3. The fourth-order valence-corrected chi connectivity index (χ4v) is 2.02. The quantitative estimate of drug-likeness (QED) is 0.867. The summed E-state index contributed by atoms with van der Waals surface area (Å²) in [4.78, 5) is 0. The second-order valence-electron chi connectivity index (χ2n) is 4.99. The van der Waals surface area contributed by atoms with Crippen molar-refractivity contribution in [1.82, 2.24) is 0 Å². The van der Waals surface area contributed by atoms with Gasteiger partial charge in [0, 0.05) is 0 Å². The summed E-state index contributed by atoms with van der Waals surface area (Å²) in [7, 11) is 0. The molecule has 1 fully saturated rings. The maximum Gasteiger partial charge on any atom is 0.169 e. The van der Waals surface area contributed by atoms with Gasteiger partial charge >= 0.3 is 0 Å². The van der Waals surface area contributed by atoms with Gasteiger partial charge in [-0.15, -0.1) is 0 Å². The average molecular weight is 245 g/mol. The molecule has 2 rings (SSSR count). The molecule has 18 heavy (non-hydrogen) atoms. The Bertz CT molecular complexity index is 446. The van der Waals surface area contributed by atoms with Gasteiger partial charge in [0.1, 0.15) is 0 Å². The van der Waals surface area contributed by atoms with Crippen LogP contribution < -0.4 is 0 Å². The van der Waals surface area contributed by atoms with E-state index < -0.39 is 12.2 Å². The first-order valence-corrected chi connectivity index (χ1v) is 6.45. The van der Waals surface area contributed by atoms with Gasteiger partial charge < -0.3 is 9.84 Å². The lowest BCUT2D eigenvalue weighted by Gasteiger charge is -2.21. The molecule has 0 spiro atoms. The topological polar surface area (TPSA) is 53.2 Å². The number of ether oxygens (including phenoxy) is 1. The Morgan fingerprint density at radius 3 is 2.56 bits per heavy atom. The summed E-state index contributed by atoms with van der Waals surface area (Å²) in [6.07, 6.45) is 0.879. The van der Waals surface area contributed by atoms with E-state index in [0.29, 0.717) is 5.92 Å². The SMILES string of the molecule is CC(O)C(C)OC(C#N)c1ccccc1C1CC1. The van der Waals surface area contributed by atoms with Crippen molar-refractivity contribution in [2.24, 2.45) is 0 Å². The zero-order valence-corrected chi connectivity index (χ0v) is 10.8. The first-order chi connectivity index (χ1) is 8.63. The van der Waals surface area contributed by atoms with E-state index >= 15 is 0 Å². The molecule has 3 unspecified atom stereocenters. The molecule has 0 bridgehead atoms. The maximum atomic E-state index is 9.47. The molecule has 3 atom stereocenters. The van der Waals surface area contributed by atoms with E-state index in [1.807, 2.05) is 18.2 Å². The van der Waals surface area contributed by atoms with Crippen LogP contribution in [0.3, 0.4) is 0 Å². The van der Waals surface area contributed by atoms with Gasteiger partial charge in [-0.25, -0.2) is 0 Å². The molecule has 1 saturated carbocycles. The summed E-state index contributed by atoms with van der Waals surface area (Å²) in [6, 6.07) is 10.2. The molecule has 3 nitrogen and oxygen atoms in total. The molecule has 1 aromatic rings. The molecule has 96 valence electrons. The summed E-state index contributed by atoms with van der Waals surface area (Å²) in [5.41, 5.74) is 2.18. The van der Waals surface area contributed by atoms with Crippen molar-refractivity contribution < 1.29 is 9.84 Å². The molecule has 0 saturated heterocycles. The molecule has 0 aliphatic heterocycles. The summed E-state index contributed by atoms with van der Waals surface area (Å²) in [6.45, 7) is 3.46. The predicted molar refractivity (Wildman–Crippen MR) is 69.0 cm³/mol. The summed E-state index contributed by atoms with van der Waals surface area (Å²) in [5.74, 6) is 0.586. The molecule has 0 aromatic heterocycles. The summed E-state index contributed by atoms with van der Waals surface area (Å²) in [5, 5.41) is 18.7. The molecule has 3 heteroatoms. The van der Waals surface area contributed by atoms with Crippen LogP contribution in [0.1, 0.15) is 49.8 Å². The zero-order chi connectivity index (χ0) is 13.1. The van der Waals surface area contributed by atoms with Crippen LogP contribution in [0.25, 0.3) is 0 Å². The molecule has 1 aromatic carbocycles. The molecular weight excluding hydrogens is 226 g/mol. The molecule has 0 amide bonds. The Kier molecular flexibility index (Phi) is 4.00. The highest BCUT2D eigenvalue weighted by atomic mass is 16.5. The predicted octanol–water partition coefficient (Wildman–Crippen LogP) is 2.91. The number of aliphatic hydroxyl groups is 1. The number of nitriles is 1. The van der Waals surface area contributed by atoms with Gasteiger partial charge in [0.05, 0.1) is 18.3 Å². The van der Waals surface area contributed by atoms with Crippen LogP contribution in [-0.4, -0.2) is 17.3 Å². The van der Waals surface area contributed by atoms with Crippen molar-refractivity contribution in [1.29, 1.82) is 5.26 Å². The number of benzene rings is 1. The van der Waals surface area contributed by atoms with Gasteiger partial charge in [-0.05, 0) is 43.7 Å². The van der Waals surface area contributed by atoms with Gasteiger partial charge in [0.15, 0.2) is 6.10 Å². The highest BCUT2D eigenvalue weighted by Gasteiger charge is 2.29. The van der Waals surface area contributed by atoms with Crippen molar-refractivity contribution in [2.75, 3.05) is 0 Å². The fourth-order valence-electron chi connectivity index (χ4n) is 2.02. The lowest BCUT2D eigenvalue weighted by Crippen LogP contribution is -2.24. The Labute approximate surface area is 108 Å². The second kappa shape index (κ2) is 5.51. The number of rotatable bonds is 5. The molecule has 1 aliphatic carbocycles. The molecule has 0 heterocycles. The minimum absolute atomic E-state index is 0.345. The average Bonchev–Trinajstić information content (AvgIpc) is 3.19. The number of hydrogen-bond acceptors (Lipinski definition) is 3. The van der Waals surface area contributed by atoms with Gasteiger partial charge in [-0.1, -0.05) is 24.3 Å². The van der Waals surface area contributed by atoms with Crippen molar-refractivity contribution >= 4 is 0 Å². The first-order valence-electron chi connectivity index (χ1n) is 6.45. The molecular formula is C15H19NO2. The van der Waals surface area contributed by atoms with Crippen LogP contribution in [0.15, 0.2) is 24.3 Å².